The molecule has 192 valence electrons. The summed E-state index contributed by atoms with van der Waals surface area (Å²) in [6, 6.07) is 13.6. The minimum absolute atomic E-state index is 0.219. The molecular weight excluding hydrogens is 497 g/mol. The second-order valence-corrected chi connectivity index (χ2v) is 10.00. The molecule has 0 aliphatic carbocycles. The number of nitrogens with zero attached hydrogens (tertiary/aromatic N) is 1. The van der Waals surface area contributed by atoms with Crippen molar-refractivity contribution in [2.45, 2.75) is 31.3 Å². The largest absolute Gasteiger partial charge is 0.534 e. The fourth-order valence-electron chi connectivity index (χ4n) is 3.98. The fraction of sp³-hybridized carbons (Fsp3) is 0.320. The number of halogens is 3. The van der Waals surface area contributed by atoms with E-state index in [9.17, 15) is 26.4 Å². The van der Waals surface area contributed by atoms with Gasteiger partial charge in [-0.05, 0) is 67.3 Å². The molecule has 3 aromatic rings. The number of fused-ring (bicyclic) bond motifs is 2. The van der Waals surface area contributed by atoms with E-state index < -0.39 is 15.6 Å². The molecule has 7 nitrogen and oxygen atoms in total. The van der Waals surface area contributed by atoms with Gasteiger partial charge in [-0.25, -0.2) is 0 Å². The van der Waals surface area contributed by atoms with Crippen molar-refractivity contribution in [3.63, 3.8) is 0 Å². The molecule has 36 heavy (non-hydrogen) atoms. The van der Waals surface area contributed by atoms with Crippen LogP contribution in [0.1, 0.15) is 29.7 Å². The van der Waals surface area contributed by atoms with Gasteiger partial charge < -0.3 is 13.9 Å². The monoisotopic (exact) mass is 522 g/mol. The molecule has 2 aromatic carbocycles. The smallest absolute Gasteiger partial charge is 0.457 e. The summed E-state index contributed by atoms with van der Waals surface area (Å²) < 4.78 is 70.1. The van der Waals surface area contributed by atoms with E-state index in [4.69, 9.17) is 4.42 Å². The van der Waals surface area contributed by atoms with Crippen molar-refractivity contribution in [2.75, 3.05) is 19.6 Å². The molecule has 0 saturated carbocycles. The van der Waals surface area contributed by atoms with Crippen molar-refractivity contribution in [2.24, 2.45) is 0 Å². The fourth-order valence-corrected chi connectivity index (χ4v) is 4.43. The molecule has 0 bridgehead atoms. The summed E-state index contributed by atoms with van der Waals surface area (Å²) in [4.78, 5) is 14.2. The van der Waals surface area contributed by atoms with Crippen LogP contribution >= 0.6 is 0 Å². The molecule has 4 rings (SSSR count). The number of benzene rings is 2. The number of furan rings is 1. The van der Waals surface area contributed by atoms with Gasteiger partial charge in [0.05, 0.1) is 0 Å². The van der Waals surface area contributed by atoms with Gasteiger partial charge in [-0.1, -0.05) is 24.3 Å². The van der Waals surface area contributed by atoms with Crippen molar-refractivity contribution in [1.82, 2.24) is 10.2 Å². The van der Waals surface area contributed by atoms with Crippen molar-refractivity contribution in [3.8, 4) is 5.75 Å². The summed E-state index contributed by atoms with van der Waals surface area (Å²) >= 11 is 0. The average Bonchev–Trinajstić information content (AvgIpc) is 3.24. The zero-order valence-corrected chi connectivity index (χ0v) is 20.1. The Balaban J connectivity index is 1.19. The zero-order valence-electron chi connectivity index (χ0n) is 19.3. The normalized spacial score (nSPS) is 14.8. The maximum Gasteiger partial charge on any atom is 0.534 e. The maximum absolute atomic E-state index is 12.6. The minimum atomic E-state index is -5.70. The Hall–Kier alpha value is -3.31. The lowest BCUT2D eigenvalue weighted by atomic mass is 9.99. The van der Waals surface area contributed by atoms with E-state index in [0.717, 1.165) is 48.0 Å². The molecule has 1 amide bonds. The molecule has 0 atom stereocenters. The molecule has 0 radical (unpaired) electrons. The van der Waals surface area contributed by atoms with Crippen LogP contribution in [-0.4, -0.2) is 44.4 Å². The minimum Gasteiger partial charge on any atom is -0.457 e. The van der Waals surface area contributed by atoms with Crippen LogP contribution in [0.3, 0.4) is 0 Å². The van der Waals surface area contributed by atoms with E-state index >= 15 is 0 Å². The number of carbonyl (C=O) groups is 1. The number of carbonyl (C=O) groups excluding carboxylic acids is 1. The SMILES string of the molecule is O=C(/C=C/c1cc2ccccc2o1)NCCCCN1CCc2ccc(OS(=O)(=O)C(F)(F)F)cc2C1. The second-order valence-electron chi connectivity index (χ2n) is 8.46. The Morgan fingerprint density at radius 1 is 1.11 bits per heavy atom. The van der Waals surface area contributed by atoms with E-state index in [-0.39, 0.29) is 11.7 Å². The van der Waals surface area contributed by atoms with E-state index in [0.29, 0.717) is 25.3 Å². The number of amides is 1. The topological polar surface area (TPSA) is 88.8 Å². The number of nitrogens with one attached hydrogen (secondary N) is 1. The van der Waals surface area contributed by atoms with E-state index in [2.05, 4.69) is 14.4 Å². The summed E-state index contributed by atoms with van der Waals surface area (Å²) in [5.41, 5.74) is -3.03. The highest BCUT2D eigenvalue weighted by atomic mass is 32.2. The van der Waals surface area contributed by atoms with Crippen LogP contribution in [0, 0.1) is 0 Å². The highest BCUT2D eigenvalue weighted by Crippen LogP contribution is 2.29. The number of para-hydroxylation sites is 1. The van der Waals surface area contributed by atoms with Crippen molar-refractivity contribution < 1.29 is 35.0 Å². The van der Waals surface area contributed by atoms with Crippen LogP contribution in [0.2, 0.25) is 0 Å². The summed E-state index contributed by atoms with van der Waals surface area (Å²) in [5, 5.41) is 3.80. The molecule has 0 fully saturated rings. The first-order valence-corrected chi connectivity index (χ1v) is 12.8. The first-order valence-electron chi connectivity index (χ1n) is 11.4. The van der Waals surface area contributed by atoms with Crippen molar-refractivity contribution in [3.05, 3.63) is 71.5 Å². The van der Waals surface area contributed by atoms with Gasteiger partial charge in [0, 0.05) is 31.1 Å². The Bertz CT molecular complexity index is 1330. The summed E-state index contributed by atoms with van der Waals surface area (Å²) in [6.45, 7) is 2.49. The zero-order chi connectivity index (χ0) is 25.8. The Kier molecular flexibility index (Phi) is 7.70. The van der Waals surface area contributed by atoms with Gasteiger partial charge in [0.2, 0.25) is 5.91 Å². The van der Waals surface area contributed by atoms with Gasteiger partial charge in [-0.2, -0.15) is 21.6 Å². The van der Waals surface area contributed by atoms with Gasteiger partial charge in [-0.15, -0.1) is 0 Å². The third-order valence-electron chi connectivity index (χ3n) is 5.80. The molecule has 1 aliphatic rings. The van der Waals surface area contributed by atoms with Gasteiger partial charge in [0.1, 0.15) is 17.1 Å². The number of hydrogen-bond donors (Lipinski definition) is 1. The molecule has 0 unspecified atom stereocenters. The molecule has 2 heterocycles. The van der Waals surface area contributed by atoms with Gasteiger partial charge in [0.25, 0.3) is 0 Å². The first-order chi connectivity index (χ1) is 17.1. The highest BCUT2D eigenvalue weighted by molar-refractivity contribution is 7.88. The molecule has 1 N–H and O–H groups in total. The van der Waals surface area contributed by atoms with Crippen molar-refractivity contribution in [1.29, 1.82) is 0 Å². The lowest BCUT2D eigenvalue weighted by Gasteiger charge is -2.29. The third-order valence-corrected chi connectivity index (χ3v) is 6.78. The summed E-state index contributed by atoms with van der Waals surface area (Å²) in [7, 11) is -5.70. The molecule has 0 spiro atoms. The van der Waals surface area contributed by atoms with Crippen molar-refractivity contribution >= 4 is 33.1 Å². The molecule has 1 aliphatic heterocycles. The van der Waals surface area contributed by atoms with Crippen LogP contribution in [0.5, 0.6) is 5.75 Å². The lowest BCUT2D eigenvalue weighted by molar-refractivity contribution is -0.116. The van der Waals surface area contributed by atoms with Crippen LogP contribution in [-0.2, 0) is 27.9 Å². The van der Waals surface area contributed by atoms with E-state index in [1.165, 1.54) is 18.2 Å². The summed E-state index contributed by atoms with van der Waals surface area (Å²) in [5.74, 6) is 0.0244. The van der Waals surface area contributed by atoms with Crippen LogP contribution in [0.4, 0.5) is 13.2 Å². The number of hydrogen-bond acceptors (Lipinski definition) is 6. The molecule has 11 heteroatoms. The Morgan fingerprint density at radius 2 is 1.92 bits per heavy atom. The van der Waals surface area contributed by atoms with Gasteiger partial charge in [0.15, 0.2) is 0 Å². The van der Waals surface area contributed by atoms with Crippen LogP contribution < -0.4 is 9.50 Å². The summed E-state index contributed by atoms with van der Waals surface area (Å²) in [6.07, 6.45) is 5.31. The number of unbranched alkanes of at least 4 members (excludes halogenated alkanes) is 1. The molecular formula is C25H25F3N2O5S. The number of alkyl halides is 3. The van der Waals surface area contributed by atoms with Crippen LogP contribution in [0.25, 0.3) is 17.0 Å². The molecule has 0 saturated heterocycles. The van der Waals surface area contributed by atoms with E-state index in [1.807, 2.05) is 30.3 Å². The standard InChI is InChI=1S/C25H25F3N2O5S/c26-25(27,28)36(32,33)35-22-8-7-18-11-14-30(17-20(18)16-22)13-4-3-12-29-24(31)10-9-21-15-19-5-1-2-6-23(19)34-21/h1-2,5-10,15-16H,3-4,11-14,17H2,(H,29,31)/b10-9+. The predicted molar refractivity (Wildman–Crippen MR) is 129 cm³/mol. The third kappa shape index (κ3) is 6.46. The highest BCUT2D eigenvalue weighted by Gasteiger charge is 2.48. The van der Waals surface area contributed by atoms with Crippen LogP contribution in [0.15, 0.2) is 59.0 Å². The lowest BCUT2D eigenvalue weighted by Crippen LogP contribution is -2.32. The number of rotatable bonds is 9. The maximum atomic E-state index is 12.6. The molecule has 1 aromatic heterocycles. The van der Waals surface area contributed by atoms with Gasteiger partial charge >= 0.3 is 15.6 Å². The quantitative estimate of drug-likeness (QED) is 0.191. The van der Waals surface area contributed by atoms with E-state index in [1.54, 1.807) is 12.1 Å². The first kappa shape index (κ1) is 25.8. The Morgan fingerprint density at radius 3 is 2.69 bits per heavy atom. The average molecular weight is 523 g/mol. The predicted octanol–water partition coefficient (Wildman–Crippen LogP) is 4.63. The second kappa shape index (κ2) is 10.8. The Labute approximate surface area is 206 Å². The van der Waals surface area contributed by atoms with Gasteiger partial charge in [-0.3, -0.25) is 9.69 Å².